The van der Waals surface area contributed by atoms with E-state index in [1.54, 1.807) is 30.3 Å². The van der Waals surface area contributed by atoms with Crippen LogP contribution < -0.4 is 9.80 Å². The Hall–Kier alpha value is -2.83. The van der Waals surface area contributed by atoms with Gasteiger partial charge in [-0.3, -0.25) is 9.59 Å². The SMILES string of the molecule is CN(C(=O)c1ccccc1)c1ccc(N2CCC2=O)c(C(F)(F)F)c1. The van der Waals surface area contributed by atoms with Gasteiger partial charge in [0.25, 0.3) is 5.91 Å². The van der Waals surface area contributed by atoms with Crippen molar-refractivity contribution in [2.24, 2.45) is 0 Å². The zero-order valence-electron chi connectivity index (χ0n) is 13.4. The molecule has 0 aromatic heterocycles. The van der Waals surface area contributed by atoms with Crippen LogP contribution in [0.3, 0.4) is 0 Å². The monoisotopic (exact) mass is 348 g/mol. The molecular weight excluding hydrogens is 333 g/mol. The molecule has 0 aliphatic carbocycles. The van der Waals surface area contributed by atoms with Crippen LogP contribution >= 0.6 is 0 Å². The van der Waals surface area contributed by atoms with Crippen LogP contribution in [0.2, 0.25) is 0 Å². The van der Waals surface area contributed by atoms with Crippen molar-refractivity contribution in [2.45, 2.75) is 12.6 Å². The number of halogens is 3. The van der Waals surface area contributed by atoms with Crippen molar-refractivity contribution in [2.75, 3.05) is 23.4 Å². The van der Waals surface area contributed by atoms with E-state index in [1.807, 2.05) is 0 Å². The van der Waals surface area contributed by atoms with Crippen LogP contribution in [-0.4, -0.2) is 25.4 Å². The first-order chi connectivity index (χ1) is 11.8. The largest absolute Gasteiger partial charge is 0.418 e. The molecule has 2 amide bonds. The fourth-order valence-electron chi connectivity index (χ4n) is 2.66. The molecule has 0 atom stereocenters. The molecule has 1 aliphatic rings. The lowest BCUT2D eigenvalue weighted by molar-refractivity contribution is -0.137. The van der Waals surface area contributed by atoms with E-state index in [2.05, 4.69) is 0 Å². The van der Waals surface area contributed by atoms with Gasteiger partial charge in [0.1, 0.15) is 0 Å². The Bertz CT molecular complexity index is 819. The molecule has 2 aromatic carbocycles. The summed E-state index contributed by atoms with van der Waals surface area (Å²) in [5, 5.41) is 0. The smallest absolute Gasteiger partial charge is 0.311 e. The molecule has 1 fully saturated rings. The van der Waals surface area contributed by atoms with E-state index in [4.69, 9.17) is 0 Å². The highest BCUT2D eigenvalue weighted by Gasteiger charge is 2.38. The lowest BCUT2D eigenvalue weighted by Gasteiger charge is -2.33. The summed E-state index contributed by atoms with van der Waals surface area (Å²) in [5.74, 6) is -0.756. The molecule has 1 aliphatic heterocycles. The third kappa shape index (κ3) is 3.22. The molecule has 4 nitrogen and oxygen atoms in total. The number of hydrogen-bond acceptors (Lipinski definition) is 2. The van der Waals surface area contributed by atoms with E-state index in [0.717, 1.165) is 15.9 Å². The topological polar surface area (TPSA) is 40.6 Å². The number of hydrogen-bond donors (Lipinski definition) is 0. The summed E-state index contributed by atoms with van der Waals surface area (Å²) < 4.78 is 40.3. The molecule has 1 heterocycles. The van der Waals surface area contributed by atoms with Crippen molar-refractivity contribution < 1.29 is 22.8 Å². The Morgan fingerprint density at radius 3 is 2.32 bits per heavy atom. The molecule has 0 radical (unpaired) electrons. The molecule has 0 saturated carbocycles. The Labute approximate surface area is 142 Å². The molecule has 0 spiro atoms. The Balaban J connectivity index is 1.97. The predicted molar refractivity (Wildman–Crippen MR) is 87.6 cm³/mol. The van der Waals surface area contributed by atoms with Crippen LogP contribution in [0.1, 0.15) is 22.3 Å². The maximum atomic E-state index is 13.4. The number of carbonyl (C=O) groups is 2. The number of alkyl halides is 3. The van der Waals surface area contributed by atoms with Crippen molar-refractivity contribution in [3.05, 3.63) is 59.7 Å². The summed E-state index contributed by atoms with van der Waals surface area (Å²) in [6, 6.07) is 11.9. The fraction of sp³-hybridized carbons (Fsp3) is 0.222. The number of benzene rings is 2. The summed E-state index contributed by atoms with van der Waals surface area (Å²) in [6.45, 7) is 0.264. The maximum absolute atomic E-state index is 13.4. The average molecular weight is 348 g/mol. The number of carbonyl (C=O) groups excluding carboxylic acids is 2. The van der Waals surface area contributed by atoms with Crippen LogP contribution in [0.15, 0.2) is 48.5 Å². The van der Waals surface area contributed by atoms with Crippen LogP contribution in [0, 0.1) is 0 Å². The molecule has 3 rings (SSSR count). The Kier molecular flexibility index (Phi) is 4.24. The van der Waals surface area contributed by atoms with E-state index in [1.165, 1.54) is 19.2 Å². The first-order valence-electron chi connectivity index (χ1n) is 7.64. The number of anilines is 2. The molecule has 0 bridgehead atoms. The second-order valence-corrected chi connectivity index (χ2v) is 5.72. The van der Waals surface area contributed by atoms with Gasteiger partial charge in [-0.05, 0) is 30.3 Å². The standard InChI is InChI=1S/C18H15F3N2O2/c1-22(17(25)12-5-3-2-4-6-12)13-7-8-15(23-10-9-16(23)24)14(11-13)18(19,20)21/h2-8,11H,9-10H2,1H3. The predicted octanol–water partition coefficient (Wildman–Crippen LogP) is 3.72. The highest BCUT2D eigenvalue weighted by Crippen LogP contribution is 2.40. The van der Waals surface area contributed by atoms with Gasteiger partial charge in [-0.15, -0.1) is 0 Å². The van der Waals surface area contributed by atoms with E-state index in [-0.39, 0.29) is 30.2 Å². The molecule has 0 unspecified atom stereocenters. The molecular formula is C18H15F3N2O2. The van der Waals surface area contributed by atoms with Gasteiger partial charge in [0.05, 0.1) is 11.3 Å². The molecule has 0 N–H and O–H groups in total. The van der Waals surface area contributed by atoms with Gasteiger partial charge in [0.2, 0.25) is 5.91 Å². The summed E-state index contributed by atoms with van der Waals surface area (Å²) in [6.07, 6.45) is -4.39. The van der Waals surface area contributed by atoms with E-state index < -0.39 is 17.6 Å². The fourth-order valence-corrected chi connectivity index (χ4v) is 2.66. The molecule has 1 saturated heterocycles. The second-order valence-electron chi connectivity index (χ2n) is 5.72. The number of amides is 2. The van der Waals surface area contributed by atoms with E-state index >= 15 is 0 Å². The third-order valence-electron chi connectivity index (χ3n) is 4.14. The molecule has 25 heavy (non-hydrogen) atoms. The summed E-state index contributed by atoms with van der Waals surface area (Å²) in [7, 11) is 1.42. The zero-order valence-corrected chi connectivity index (χ0v) is 13.4. The van der Waals surface area contributed by atoms with Gasteiger partial charge in [0, 0.05) is 31.3 Å². The Morgan fingerprint density at radius 1 is 1.12 bits per heavy atom. The van der Waals surface area contributed by atoms with Gasteiger partial charge in [-0.1, -0.05) is 18.2 Å². The third-order valence-corrected chi connectivity index (χ3v) is 4.14. The van der Waals surface area contributed by atoms with Crippen LogP contribution in [0.5, 0.6) is 0 Å². The maximum Gasteiger partial charge on any atom is 0.418 e. The molecule has 7 heteroatoms. The summed E-state index contributed by atoms with van der Waals surface area (Å²) >= 11 is 0. The van der Waals surface area contributed by atoms with Crippen molar-refractivity contribution in [3.8, 4) is 0 Å². The first kappa shape index (κ1) is 17.0. The van der Waals surface area contributed by atoms with Crippen molar-refractivity contribution in [1.82, 2.24) is 0 Å². The minimum Gasteiger partial charge on any atom is -0.311 e. The van der Waals surface area contributed by atoms with Crippen molar-refractivity contribution in [3.63, 3.8) is 0 Å². The average Bonchev–Trinajstić information content (AvgIpc) is 2.59. The lowest BCUT2D eigenvalue weighted by atomic mass is 10.1. The highest BCUT2D eigenvalue weighted by atomic mass is 19.4. The number of β-lactam (4-membered cyclic amide) rings is 1. The highest BCUT2D eigenvalue weighted by molar-refractivity contribution is 6.06. The first-order valence-corrected chi connectivity index (χ1v) is 7.64. The van der Waals surface area contributed by atoms with Crippen LogP contribution in [-0.2, 0) is 11.0 Å². The zero-order chi connectivity index (χ0) is 18.2. The van der Waals surface area contributed by atoms with Crippen LogP contribution in [0.25, 0.3) is 0 Å². The number of rotatable bonds is 3. The molecule has 2 aromatic rings. The van der Waals surface area contributed by atoms with E-state index in [9.17, 15) is 22.8 Å². The minimum absolute atomic E-state index is 0.109. The number of nitrogens with zero attached hydrogens (tertiary/aromatic N) is 2. The van der Waals surface area contributed by atoms with Crippen molar-refractivity contribution >= 4 is 23.2 Å². The van der Waals surface area contributed by atoms with Gasteiger partial charge in [-0.2, -0.15) is 13.2 Å². The molecule has 130 valence electrons. The van der Waals surface area contributed by atoms with Gasteiger partial charge < -0.3 is 9.80 Å². The van der Waals surface area contributed by atoms with Gasteiger partial charge >= 0.3 is 6.18 Å². The Morgan fingerprint density at radius 2 is 1.80 bits per heavy atom. The quantitative estimate of drug-likeness (QED) is 0.793. The summed E-state index contributed by atoms with van der Waals surface area (Å²) in [4.78, 5) is 26.2. The minimum atomic E-state index is -4.63. The summed E-state index contributed by atoms with van der Waals surface area (Å²) in [5.41, 5.74) is -0.614. The van der Waals surface area contributed by atoms with Gasteiger partial charge in [-0.25, -0.2) is 0 Å². The van der Waals surface area contributed by atoms with Crippen LogP contribution in [0.4, 0.5) is 24.5 Å². The van der Waals surface area contributed by atoms with Gasteiger partial charge in [0.15, 0.2) is 0 Å². The lowest BCUT2D eigenvalue weighted by Crippen LogP contribution is -2.44. The normalized spacial score (nSPS) is 14.2. The second kappa shape index (κ2) is 6.23. The van der Waals surface area contributed by atoms with E-state index in [0.29, 0.717) is 5.56 Å². The van der Waals surface area contributed by atoms with Crippen molar-refractivity contribution in [1.29, 1.82) is 0 Å².